The van der Waals surface area contributed by atoms with Crippen molar-refractivity contribution < 1.29 is 14.0 Å². The van der Waals surface area contributed by atoms with Crippen LogP contribution in [0.25, 0.3) is 0 Å². The summed E-state index contributed by atoms with van der Waals surface area (Å²) < 4.78 is 14.3. The Kier molecular flexibility index (Phi) is 9.39. The molecule has 3 aromatic rings. The average Bonchev–Trinajstić information content (AvgIpc) is 2.84. The molecule has 4 nitrogen and oxygen atoms in total. The smallest absolute Gasteiger partial charge is 0.243 e. The van der Waals surface area contributed by atoms with Crippen LogP contribution in [0.5, 0.6) is 0 Å². The van der Waals surface area contributed by atoms with Crippen molar-refractivity contribution in [1.82, 2.24) is 10.2 Å². The number of carbonyl (C=O) groups excluding carboxylic acids is 2. The van der Waals surface area contributed by atoms with Gasteiger partial charge in [0.25, 0.3) is 0 Å². The standard InChI is InChI=1S/C29H33FN2O2/c1-3-4-18-31-29(34)27(19-23-10-6-5-7-11-23)32(21-24-16-14-22(2)15-17-24)28(33)20-25-12-8-9-13-26(25)30/h5-17,27H,3-4,18-21H2,1-2H3,(H,31,34). The summed E-state index contributed by atoms with van der Waals surface area (Å²) >= 11 is 0. The minimum Gasteiger partial charge on any atom is -0.354 e. The highest BCUT2D eigenvalue weighted by Crippen LogP contribution is 2.18. The summed E-state index contributed by atoms with van der Waals surface area (Å²) in [5, 5.41) is 3.00. The molecule has 0 saturated heterocycles. The predicted molar refractivity (Wildman–Crippen MR) is 134 cm³/mol. The van der Waals surface area contributed by atoms with Gasteiger partial charge in [-0.2, -0.15) is 0 Å². The second kappa shape index (κ2) is 12.7. The third-order valence-electron chi connectivity index (χ3n) is 5.87. The van der Waals surface area contributed by atoms with Gasteiger partial charge in [-0.05, 0) is 36.1 Å². The second-order valence-corrected chi connectivity index (χ2v) is 8.63. The summed E-state index contributed by atoms with van der Waals surface area (Å²) in [5.41, 5.74) is 3.33. The highest BCUT2D eigenvalue weighted by atomic mass is 19.1. The summed E-state index contributed by atoms with van der Waals surface area (Å²) in [6.45, 7) is 4.90. The minimum absolute atomic E-state index is 0.105. The highest BCUT2D eigenvalue weighted by Gasteiger charge is 2.30. The van der Waals surface area contributed by atoms with Crippen LogP contribution in [-0.4, -0.2) is 29.3 Å². The van der Waals surface area contributed by atoms with Gasteiger partial charge in [0, 0.05) is 19.5 Å². The fraction of sp³-hybridized carbons (Fsp3) is 0.310. The first kappa shape index (κ1) is 25.2. The van der Waals surface area contributed by atoms with Crippen molar-refractivity contribution in [2.75, 3.05) is 6.54 Å². The molecule has 0 radical (unpaired) electrons. The van der Waals surface area contributed by atoms with Crippen LogP contribution in [0.15, 0.2) is 78.9 Å². The van der Waals surface area contributed by atoms with Gasteiger partial charge in [-0.15, -0.1) is 0 Å². The fourth-order valence-corrected chi connectivity index (χ4v) is 3.86. The summed E-state index contributed by atoms with van der Waals surface area (Å²) in [6.07, 6.45) is 2.10. The lowest BCUT2D eigenvalue weighted by Gasteiger charge is -2.32. The minimum atomic E-state index is -0.708. The van der Waals surface area contributed by atoms with E-state index in [1.54, 1.807) is 23.1 Å². The van der Waals surface area contributed by atoms with Crippen LogP contribution in [0, 0.1) is 12.7 Å². The SMILES string of the molecule is CCCCNC(=O)C(Cc1ccccc1)N(Cc1ccc(C)cc1)C(=O)Cc1ccccc1F. The van der Waals surface area contributed by atoms with Crippen molar-refractivity contribution >= 4 is 11.8 Å². The van der Waals surface area contributed by atoms with E-state index in [1.165, 1.54) is 6.07 Å². The van der Waals surface area contributed by atoms with Crippen LogP contribution in [0.4, 0.5) is 4.39 Å². The molecule has 0 aliphatic rings. The molecule has 3 rings (SSSR count). The summed E-state index contributed by atoms with van der Waals surface area (Å²) in [4.78, 5) is 28.5. The van der Waals surface area contributed by atoms with E-state index >= 15 is 0 Å². The number of amides is 2. The van der Waals surface area contributed by atoms with Crippen molar-refractivity contribution in [3.05, 3.63) is 107 Å². The lowest BCUT2D eigenvalue weighted by atomic mass is 10.0. The van der Waals surface area contributed by atoms with E-state index in [9.17, 15) is 14.0 Å². The Balaban J connectivity index is 1.94. The van der Waals surface area contributed by atoms with Gasteiger partial charge in [-0.3, -0.25) is 9.59 Å². The Morgan fingerprint density at radius 2 is 1.59 bits per heavy atom. The molecule has 0 fully saturated rings. The van der Waals surface area contributed by atoms with Crippen molar-refractivity contribution in [1.29, 1.82) is 0 Å². The molecule has 178 valence electrons. The molecule has 3 aromatic carbocycles. The highest BCUT2D eigenvalue weighted by molar-refractivity contribution is 5.88. The van der Waals surface area contributed by atoms with E-state index < -0.39 is 11.9 Å². The molecule has 34 heavy (non-hydrogen) atoms. The van der Waals surface area contributed by atoms with Gasteiger partial charge in [-0.25, -0.2) is 4.39 Å². The Hall–Kier alpha value is -3.47. The number of nitrogens with zero attached hydrogens (tertiary/aromatic N) is 1. The van der Waals surface area contributed by atoms with Gasteiger partial charge in [0.2, 0.25) is 11.8 Å². The van der Waals surface area contributed by atoms with E-state index in [1.807, 2.05) is 61.5 Å². The molecule has 1 N–H and O–H groups in total. The third kappa shape index (κ3) is 7.27. The summed E-state index contributed by atoms with van der Waals surface area (Å²) in [6, 6.07) is 23.2. The van der Waals surface area contributed by atoms with Crippen LogP contribution < -0.4 is 5.32 Å². The quantitative estimate of drug-likeness (QED) is 0.398. The molecule has 0 bridgehead atoms. The molecule has 5 heteroatoms. The molecule has 2 amide bonds. The molecule has 0 saturated carbocycles. The van der Waals surface area contributed by atoms with Gasteiger partial charge >= 0.3 is 0 Å². The normalized spacial score (nSPS) is 11.6. The molecular weight excluding hydrogens is 427 g/mol. The number of unbranched alkanes of at least 4 members (excludes halogenated alkanes) is 1. The van der Waals surface area contributed by atoms with Gasteiger partial charge in [0.1, 0.15) is 11.9 Å². The number of rotatable bonds is 11. The van der Waals surface area contributed by atoms with Crippen LogP contribution >= 0.6 is 0 Å². The van der Waals surface area contributed by atoms with Crippen molar-refractivity contribution in [3.8, 4) is 0 Å². The van der Waals surface area contributed by atoms with Gasteiger partial charge in [-0.1, -0.05) is 91.7 Å². The van der Waals surface area contributed by atoms with E-state index in [4.69, 9.17) is 0 Å². The zero-order valence-electron chi connectivity index (χ0n) is 20.0. The van der Waals surface area contributed by atoms with Crippen LogP contribution in [0.2, 0.25) is 0 Å². The van der Waals surface area contributed by atoms with Gasteiger partial charge in [0.15, 0.2) is 0 Å². The average molecular weight is 461 g/mol. The van der Waals surface area contributed by atoms with Gasteiger partial charge in [0.05, 0.1) is 6.42 Å². The lowest BCUT2D eigenvalue weighted by Crippen LogP contribution is -2.51. The second-order valence-electron chi connectivity index (χ2n) is 8.63. The maximum atomic E-state index is 14.3. The Morgan fingerprint density at radius 1 is 0.912 bits per heavy atom. The predicted octanol–water partition coefficient (Wildman–Crippen LogP) is 5.23. The molecule has 0 aliphatic carbocycles. The first-order valence-corrected chi connectivity index (χ1v) is 11.9. The molecule has 0 aliphatic heterocycles. The molecular formula is C29H33FN2O2. The van der Waals surface area contributed by atoms with E-state index in [2.05, 4.69) is 12.2 Å². The van der Waals surface area contributed by atoms with Crippen LogP contribution in [-0.2, 0) is 29.0 Å². The number of nitrogens with one attached hydrogen (secondary N) is 1. The molecule has 0 spiro atoms. The number of hydrogen-bond donors (Lipinski definition) is 1. The zero-order chi connectivity index (χ0) is 24.3. The number of hydrogen-bond acceptors (Lipinski definition) is 2. The van der Waals surface area contributed by atoms with E-state index in [-0.39, 0.29) is 24.8 Å². The van der Waals surface area contributed by atoms with E-state index in [0.29, 0.717) is 18.5 Å². The maximum Gasteiger partial charge on any atom is 0.243 e. The first-order valence-electron chi connectivity index (χ1n) is 11.9. The summed E-state index contributed by atoms with van der Waals surface area (Å²) in [7, 11) is 0. The first-order chi connectivity index (χ1) is 16.5. The lowest BCUT2D eigenvalue weighted by molar-refractivity contribution is -0.140. The summed E-state index contributed by atoms with van der Waals surface area (Å²) in [5.74, 6) is -0.887. The topological polar surface area (TPSA) is 49.4 Å². The van der Waals surface area contributed by atoms with Crippen molar-refractivity contribution in [2.24, 2.45) is 0 Å². The van der Waals surface area contributed by atoms with Crippen LogP contribution in [0.3, 0.4) is 0 Å². The van der Waals surface area contributed by atoms with Crippen molar-refractivity contribution in [3.63, 3.8) is 0 Å². The van der Waals surface area contributed by atoms with E-state index in [0.717, 1.165) is 29.5 Å². The maximum absolute atomic E-state index is 14.3. The Labute approximate surface area is 201 Å². The number of halogens is 1. The molecule has 0 heterocycles. The zero-order valence-corrected chi connectivity index (χ0v) is 20.0. The van der Waals surface area contributed by atoms with Crippen LogP contribution in [0.1, 0.15) is 42.0 Å². The monoisotopic (exact) mass is 460 g/mol. The van der Waals surface area contributed by atoms with Gasteiger partial charge < -0.3 is 10.2 Å². The Bertz CT molecular complexity index is 1070. The third-order valence-corrected chi connectivity index (χ3v) is 5.87. The van der Waals surface area contributed by atoms with Crippen molar-refractivity contribution in [2.45, 2.75) is 52.1 Å². The largest absolute Gasteiger partial charge is 0.354 e. The fourth-order valence-electron chi connectivity index (χ4n) is 3.86. The Morgan fingerprint density at radius 3 is 2.26 bits per heavy atom. The molecule has 1 atom stereocenters. The number of aryl methyl sites for hydroxylation is 1. The number of benzene rings is 3. The molecule has 1 unspecified atom stereocenters. The number of carbonyl (C=O) groups is 2. The molecule has 0 aromatic heterocycles.